The van der Waals surface area contributed by atoms with Crippen LogP contribution in [0.15, 0.2) is 45.9 Å². The number of fused-ring (bicyclic) bond motifs is 2. The van der Waals surface area contributed by atoms with Crippen LogP contribution in [0.5, 0.6) is 0 Å². The van der Waals surface area contributed by atoms with Gasteiger partial charge in [0, 0.05) is 18.9 Å². The third-order valence-corrected chi connectivity index (χ3v) is 6.35. The van der Waals surface area contributed by atoms with Crippen LogP contribution >= 0.6 is 0 Å². The lowest BCUT2D eigenvalue weighted by Crippen LogP contribution is -2.33. The smallest absolute Gasteiger partial charge is 0.290 e. The number of hydrogen-bond acceptors (Lipinski definition) is 5. The van der Waals surface area contributed by atoms with Crippen molar-refractivity contribution in [3.63, 3.8) is 0 Å². The highest BCUT2D eigenvalue weighted by molar-refractivity contribution is 5.99. The van der Waals surface area contributed by atoms with E-state index in [0.29, 0.717) is 23.1 Å². The zero-order chi connectivity index (χ0) is 22.1. The van der Waals surface area contributed by atoms with E-state index in [4.69, 9.17) is 4.42 Å². The summed E-state index contributed by atoms with van der Waals surface area (Å²) in [5.74, 6) is -0.0573. The molecule has 2 aromatic heterocycles. The van der Waals surface area contributed by atoms with Gasteiger partial charge in [-0.25, -0.2) is 0 Å². The lowest BCUT2D eigenvalue weighted by Gasteiger charge is -2.26. The van der Waals surface area contributed by atoms with E-state index in [-0.39, 0.29) is 17.1 Å². The molecule has 0 radical (unpaired) electrons. The Balaban J connectivity index is 1.81. The van der Waals surface area contributed by atoms with Crippen LogP contribution in [0.1, 0.15) is 59.1 Å². The van der Waals surface area contributed by atoms with Crippen molar-refractivity contribution < 1.29 is 9.21 Å². The van der Waals surface area contributed by atoms with Gasteiger partial charge in [-0.2, -0.15) is 0 Å². The molecule has 1 aliphatic rings. The van der Waals surface area contributed by atoms with Gasteiger partial charge in [0.15, 0.2) is 5.43 Å². The molecule has 3 heterocycles. The van der Waals surface area contributed by atoms with Crippen LogP contribution in [0.25, 0.3) is 11.0 Å². The largest absolute Gasteiger partial charge is 0.450 e. The minimum absolute atomic E-state index is 0.132. The van der Waals surface area contributed by atoms with E-state index in [2.05, 4.69) is 23.7 Å². The van der Waals surface area contributed by atoms with Gasteiger partial charge in [-0.15, -0.1) is 0 Å². The predicted octanol–water partition coefficient (Wildman–Crippen LogP) is 4.08. The van der Waals surface area contributed by atoms with Crippen LogP contribution in [0.2, 0.25) is 0 Å². The molecule has 1 aliphatic heterocycles. The number of amides is 1. The van der Waals surface area contributed by atoms with Crippen molar-refractivity contribution in [2.45, 2.75) is 40.2 Å². The van der Waals surface area contributed by atoms with E-state index in [9.17, 15) is 9.59 Å². The Labute approximate surface area is 182 Å². The van der Waals surface area contributed by atoms with E-state index >= 15 is 0 Å². The highest BCUT2D eigenvalue weighted by Gasteiger charge is 2.42. The van der Waals surface area contributed by atoms with Crippen molar-refractivity contribution in [3.8, 4) is 0 Å². The van der Waals surface area contributed by atoms with Crippen molar-refractivity contribution >= 4 is 16.9 Å². The second-order valence-corrected chi connectivity index (χ2v) is 8.17. The van der Waals surface area contributed by atoms with Crippen LogP contribution in [0, 0.1) is 13.8 Å². The molecule has 0 spiro atoms. The zero-order valence-corrected chi connectivity index (χ0v) is 18.6. The van der Waals surface area contributed by atoms with Gasteiger partial charge in [-0.1, -0.05) is 19.9 Å². The normalized spacial score (nSPS) is 15.8. The summed E-state index contributed by atoms with van der Waals surface area (Å²) in [6.07, 6.45) is 4.25. The summed E-state index contributed by atoms with van der Waals surface area (Å²) in [6.45, 7) is 11.6. The number of rotatable bonds is 7. The number of hydrogen-bond donors (Lipinski definition) is 0. The van der Waals surface area contributed by atoms with Gasteiger partial charge >= 0.3 is 0 Å². The van der Waals surface area contributed by atoms with E-state index in [1.807, 2.05) is 38.1 Å². The van der Waals surface area contributed by atoms with Crippen LogP contribution in [-0.2, 0) is 0 Å². The number of carbonyl (C=O) groups is 1. The van der Waals surface area contributed by atoms with Crippen LogP contribution in [0.4, 0.5) is 0 Å². The summed E-state index contributed by atoms with van der Waals surface area (Å²) >= 11 is 0. The molecule has 0 fully saturated rings. The Kier molecular flexibility index (Phi) is 5.92. The average molecular weight is 420 g/mol. The van der Waals surface area contributed by atoms with E-state index in [1.165, 1.54) is 0 Å². The van der Waals surface area contributed by atoms with Crippen molar-refractivity contribution in [3.05, 3.63) is 74.9 Å². The van der Waals surface area contributed by atoms with E-state index in [0.717, 1.165) is 42.7 Å². The number of aromatic nitrogens is 1. The molecule has 4 rings (SSSR count). The molecule has 6 heteroatoms. The van der Waals surface area contributed by atoms with Gasteiger partial charge in [0.05, 0.1) is 17.0 Å². The van der Waals surface area contributed by atoms with Gasteiger partial charge in [0.1, 0.15) is 5.58 Å². The fraction of sp³-hybridized carbons (Fsp3) is 0.400. The summed E-state index contributed by atoms with van der Waals surface area (Å²) < 4.78 is 6.06. The molecular weight excluding hydrogens is 390 g/mol. The van der Waals surface area contributed by atoms with Crippen molar-refractivity contribution in [2.75, 3.05) is 26.2 Å². The maximum atomic E-state index is 13.6. The van der Waals surface area contributed by atoms with E-state index in [1.54, 1.807) is 17.3 Å². The quantitative estimate of drug-likeness (QED) is 0.577. The van der Waals surface area contributed by atoms with Crippen LogP contribution in [-0.4, -0.2) is 46.9 Å². The second-order valence-electron chi connectivity index (χ2n) is 8.17. The zero-order valence-electron chi connectivity index (χ0n) is 18.6. The lowest BCUT2D eigenvalue weighted by atomic mass is 9.98. The third kappa shape index (κ3) is 3.76. The fourth-order valence-corrected chi connectivity index (χ4v) is 4.39. The third-order valence-electron chi connectivity index (χ3n) is 6.35. The number of nitrogens with zero attached hydrogens (tertiary/aromatic N) is 3. The molecular formula is C25H29N3O3. The summed E-state index contributed by atoms with van der Waals surface area (Å²) in [4.78, 5) is 35.3. The molecule has 0 aliphatic carbocycles. The summed E-state index contributed by atoms with van der Waals surface area (Å²) in [6, 6.07) is 6.99. The highest BCUT2D eigenvalue weighted by Crippen LogP contribution is 2.38. The van der Waals surface area contributed by atoms with Crippen molar-refractivity contribution in [1.82, 2.24) is 14.8 Å². The molecule has 0 saturated carbocycles. The first-order valence-corrected chi connectivity index (χ1v) is 11.0. The summed E-state index contributed by atoms with van der Waals surface area (Å²) in [5.41, 5.74) is 3.64. The predicted molar refractivity (Wildman–Crippen MR) is 121 cm³/mol. The first-order chi connectivity index (χ1) is 15.0. The molecule has 31 heavy (non-hydrogen) atoms. The Morgan fingerprint density at radius 1 is 1.13 bits per heavy atom. The number of benzene rings is 1. The SMILES string of the molecule is CCN(CC)CCCN1C(=O)c2oc3cc(C)c(C)cc3c(=O)c2C1c1cccnc1. The maximum absolute atomic E-state index is 13.6. The van der Waals surface area contributed by atoms with Gasteiger partial charge in [-0.3, -0.25) is 14.6 Å². The minimum Gasteiger partial charge on any atom is -0.450 e. The molecule has 1 unspecified atom stereocenters. The van der Waals surface area contributed by atoms with Gasteiger partial charge in [0.25, 0.3) is 5.91 Å². The molecule has 6 nitrogen and oxygen atoms in total. The first kappa shape index (κ1) is 21.2. The summed E-state index contributed by atoms with van der Waals surface area (Å²) in [7, 11) is 0. The number of pyridine rings is 1. The van der Waals surface area contributed by atoms with Crippen molar-refractivity contribution in [2.24, 2.45) is 0 Å². The number of aryl methyl sites for hydroxylation is 2. The Bertz CT molecular complexity index is 1170. The first-order valence-electron chi connectivity index (χ1n) is 11.0. The minimum atomic E-state index is -0.477. The Morgan fingerprint density at radius 3 is 2.55 bits per heavy atom. The topological polar surface area (TPSA) is 66.7 Å². The van der Waals surface area contributed by atoms with Crippen molar-refractivity contribution in [1.29, 1.82) is 0 Å². The molecule has 0 bridgehead atoms. The van der Waals surface area contributed by atoms with Gasteiger partial charge in [0.2, 0.25) is 5.76 Å². The Hall–Kier alpha value is -2.99. The maximum Gasteiger partial charge on any atom is 0.290 e. The molecule has 1 amide bonds. The van der Waals surface area contributed by atoms with Crippen LogP contribution < -0.4 is 5.43 Å². The molecule has 3 aromatic rings. The fourth-order valence-electron chi connectivity index (χ4n) is 4.39. The molecule has 162 valence electrons. The lowest BCUT2D eigenvalue weighted by molar-refractivity contribution is 0.0720. The Morgan fingerprint density at radius 2 is 1.87 bits per heavy atom. The molecule has 0 saturated heterocycles. The second kappa shape index (κ2) is 8.63. The standard InChI is InChI=1S/C25H29N3O3/c1-5-27(6-2)11-8-12-28-22(18-9-7-10-26-15-18)21-23(29)19-13-16(3)17(4)14-20(19)31-24(21)25(28)30/h7,9-10,13-15,22H,5-6,8,11-12H2,1-4H3. The molecule has 1 atom stereocenters. The summed E-state index contributed by atoms with van der Waals surface area (Å²) in [5, 5.41) is 0.522. The molecule has 1 aromatic carbocycles. The average Bonchev–Trinajstić information content (AvgIpc) is 3.05. The molecule has 0 N–H and O–H groups in total. The van der Waals surface area contributed by atoms with Gasteiger partial charge < -0.3 is 14.2 Å². The van der Waals surface area contributed by atoms with Crippen LogP contribution in [0.3, 0.4) is 0 Å². The van der Waals surface area contributed by atoms with Gasteiger partial charge in [-0.05, 0) is 74.8 Å². The highest BCUT2D eigenvalue weighted by atomic mass is 16.3. The monoisotopic (exact) mass is 419 g/mol. The van der Waals surface area contributed by atoms with E-state index < -0.39 is 6.04 Å². The number of carbonyl (C=O) groups excluding carboxylic acids is 1.